The van der Waals surface area contributed by atoms with E-state index in [1.54, 1.807) is 0 Å². The lowest BCUT2D eigenvalue weighted by molar-refractivity contribution is -0.132. The van der Waals surface area contributed by atoms with E-state index >= 15 is 0 Å². The van der Waals surface area contributed by atoms with Gasteiger partial charge in [-0.25, -0.2) is 0 Å². The largest absolute Gasteiger partial charge is 0.339 e. The third kappa shape index (κ3) is 2.95. The van der Waals surface area contributed by atoms with Crippen LogP contribution in [0.15, 0.2) is 28.8 Å². The molecule has 1 aliphatic carbocycles. The van der Waals surface area contributed by atoms with Crippen LogP contribution in [0.3, 0.4) is 0 Å². The summed E-state index contributed by atoms with van der Waals surface area (Å²) in [5.41, 5.74) is 2.13. The first-order valence-corrected chi connectivity index (χ1v) is 8.89. The molecule has 126 valence electrons. The van der Waals surface area contributed by atoms with Crippen molar-refractivity contribution in [2.45, 2.75) is 51.5 Å². The van der Waals surface area contributed by atoms with Crippen molar-refractivity contribution in [3.05, 3.63) is 35.7 Å². The molecule has 1 saturated heterocycles. The fraction of sp³-hybridized carbons (Fsp3) is 0.526. The molecule has 0 unspecified atom stereocenters. The lowest BCUT2D eigenvalue weighted by atomic mass is 10.1. The Balaban J connectivity index is 1.31. The van der Waals surface area contributed by atoms with Crippen LogP contribution in [0.2, 0.25) is 0 Å². The molecule has 5 heteroatoms. The van der Waals surface area contributed by atoms with Gasteiger partial charge < -0.3 is 9.42 Å². The topological polar surface area (TPSA) is 59.2 Å². The number of nitrogens with zero attached hydrogens (tertiary/aromatic N) is 3. The van der Waals surface area contributed by atoms with Crippen molar-refractivity contribution in [2.24, 2.45) is 5.92 Å². The van der Waals surface area contributed by atoms with Crippen LogP contribution in [0.1, 0.15) is 43.6 Å². The molecule has 24 heavy (non-hydrogen) atoms. The molecule has 0 spiro atoms. The number of rotatable bonds is 5. The summed E-state index contributed by atoms with van der Waals surface area (Å²) in [4.78, 5) is 18.9. The van der Waals surface area contributed by atoms with Crippen molar-refractivity contribution >= 4 is 5.91 Å². The highest BCUT2D eigenvalue weighted by molar-refractivity contribution is 5.77. The minimum Gasteiger partial charge on any atom is -0.339 e. The first kappa shape index (κ1) is 15.4. The summed E-state index contributed by atoms with van der Waals surface area (Å²) >= 11 is 0. The van der Waals surface area contributed by atoms with E-state index < -0.39 is 0 Å². The van der Waals surface area contributed by atoms with Crippen LogP contribution >= 0.6 is 0 Å². The van der Waals surface area contributed by atoms with Crippen LogP contribution in [-0.4, -0.2) is 33.5 Å². The highest BCUT2D eigenvalue weighted by atomic mass is 16.5. The van der Waals surface area contributed by atoms with Gasteiger partial charge in [0.2, 0.25) is 17.6 Å². The van der Waals surface area contributed by atoms with Crippen LogP contribution in [0.5, 0.6) is 0 Å². The summed E-state index contributed by atoms with van der Waals surface area (Å²) in [6.45, 7) is 3.01. The minimum atomic E-state index is 0.292. The van der Waals surface area contributed by atoms with Gasteiger partial charge in [-0.2, -0.15) is 4.98 Å². The van der Waals surface area contributed by atoms with Gasteiger partial charge in [0, 0.05) is 31.0 Å². The maximum atomic E-state index is 12.4. The molecule has 2 fully saturated rings. The molecule has 1 aliphatic heterocycles. The zero-order chi connectivity index (χ0) is 16.5. The molecule has 1 aromatic carbocycles. The van der Waals surface area contributed by atoms with Crippen LogP contribution in [0.4, 0.5) is 0 Å². The Morgan fingerprint density at radius 1 is 1.33 bits per heavy atom. The molecular weight excluding hydrogens is 302 g/mol. The van der Waals surface area contributed by atoms with Crippen LogP contribution in [-0.2, 0) is 11.2 Å². The Morgan fingerprint density at radius 2 is 2.21 bits per heavy atom. The van der Waals surface area contributed by atoms with Gasteiger partial charge in [0.1, 0.15) is 0 Å². The molecule has 1 amide bonds. The van der Waals surface area contributed by atoms with Gasteiger partial charge in [0.25, 0.3) is 0 Å². The normalized spacial score (nSPS) is 22.3. The van der Waals surface area contributed by atoms with Crippen molar-refractivity contribution < 1.29 is 9.32 Å². The van der Waals surface area contributed by atoms with E-state index in [-0.39, 0.29) is 0 Å². The van der Waals surface area contributed by atoms with Gasteiger partial charge in [0.05, 0.1) is 0 Å². The second-order valence-corrected chi connectivity index (χ2v) is 7.06. The molecule has 2 aliphatic rings. The quantitative estimate of drug-likeness (QED) is 0.845. The van der Waals surface area contributed by atoms with E-state index in [1.165, 1.54) is 19.3 Å². The summed E-state index contributed by atoms with van der Waals surface area (Å²) in [5.74, 6) is 2.29. The van der Waals surface area contributed by atoms with Crippen molar-refractivity contribution in [2.75, 3.05) is 6.54 Å². The standard InChI is InChI=1S/C19H23N3O2/c1-13-5-2-3-6-16(13)19-20-17(24-21-19)7-4-8-18(23)22-12-14-9-10-15(22)11-14/h2-3,5-6,14-15H,4,7-12H2,1H3/t14-,15+/m1/s1. The molecule has 2 heterocycles. The van der Waals surface area contributed by atoms with Crippen LogP contribution in [0.25, 0.3) is 11.4 Å². The van der Waals surface area contributed by atoms with Gasteiger partial charge in [-0.3, -0.25) is 4.79 Å². The number of likely N-dealkylation sites (tertiary alicyclic amines) is 1. The summed E-state index contributed by atoms with van der Waals surface area (Å²) in [6, 6.07) is 8.51. The molecule has 1 aromatic heterocycles. The Bertz CT molecular complexity index is 740. The monoisotopic (exact) mass is 325 g/mol. The molecule has 0 N–H and O–H groups in total. The van der Waals surface area contributed by atoms with E-state index in [1.807, 2.05) is 31.2 Å². The molecule has 4 rings (SSSR count). The summed E-state index contributed by atoms with van der Waals surface area (Å²) in [5, 5.41) is 4.07. The van der Waals surface area contributed by atoms with Crippen LogP contribution in [0, 0.1) is 12.8 Å². The molecular formula is C19H23N3O2. The SMILES string of the molecule is Cc1ccccc1-c1noc(CCCC(=O)N2C[C@@H]3CC[C@H]2C3)n1. The van der Waals surface area contributed by atoms with E-state index in [9.17, 15) is 4.79 Å². The zero-order valence-corrected chi connectivity index (χ0v) is 14.1. The zero-order valence-electron chi connectivity index (χ0n) is 14.1. The van der Waals surface area contributed by atoms with Gasteiger partial charge in [-0.15, -0.1) is 0 Å². The molecule has 2 bridgehead atoms. The number of fused-ring (bicyclic) bond motifs is 2. The molecule has 2 atom stereocenters. The van der Waals surface area contributed by atoms with Crippen molar-refractivity contribution in [1.82, 2.24) is 15.0 Å². The van der Waals surface area contributed by atoms with Gasteiger partial charge in [-0.05, 0) is 44.1 Å². The average molecular weight is 325 g/mol. The van der Waals surface area contributed by atoms with Crippen molar-refractivity contribution in [3.8, 4) is 11.4 Å². The second-order valence-electron chi connectivity index (χ2n) is 7.06. The lowest BCUT2D eigenvalue weighted by Crippen LogP contribution is -2.37. The van der Waals surface area contributed by atoms with E-state index in [0.717, 1.165) is 30.0 Å². The van der Waals surface area contributed by atoms with Crippen molar-refractivity contribution in [1.29, 1.82) is 0 Å². The number of hydrogen-bond acceptors (Lipinski definition) is 4. The van der Waals surface area contributed by atoms with Gasteiger partial charge in [0.15, 0.2) is 0 Å². The number of aryl methyl sites for hydroxylation is 2. The van der Waals surface area contributed by atoms with Gasteiger partial charge in [-0.1, -0.05) is 29.4 Å². The first-order valence-electron chi connectivity index (χ1n) is 8.89. The highest BCUT2D eigenvalue weighted by Crippen LogP contribution is 2.37. The molecule has 1 saturated carbocycles. The third-order valence-electron chi connectivity index (χ3n) is 5.36. The predicted octanol–water partition coefficient (Wildman–Crippen LogP) is 3.38. The molecule has 2 aromatic rings. The predicted molar refractivity (Wildman–Crippen MR) is 90.3 cm³/mol. The summed E-state index contributed by atoms with van der Waals surface area (Å²) < 4.78 is 5.34. The lowest BCUT2D eigenvalue weighted by Gasteiger charge is -2.26. The number of benzene rings is 1. The minimum absolute atomic E-state index is 0.292. The Hall–Kier alpha value is -2.17. The highest BCUT2D eigenvalue weighted by Gasteiger charge is 2.39. The van der Waals surface area contributed by atoms with E-state index in [4.69, 9.17) is 4.52 Å². The summed E-state index contributed by atoms with van der Waals surface area (Å²) in [7, 11) is 0. The average Bonchev–Trinajstić information content (AvgIpc) is 3.32. The number of amides is 1. The number of aromatic nitrogens is 2. The second kappa shape index (κ2) is 6.38. The van der Waals surface area contributed by atoms with E-state index in [0.29, 0.717) is 36.5 Å². The summed E-state index contributed by atoms with van der Waals surface area (Å²) in [6.07, 6.45) is 5.72. The van der Waals surface area contributed by atoms with Crippen LogP contribution < -0.4 is 0 Å². The van der Waals surface area contributed by atoms with Crippen molar-refractivity contribution in [3.63, 3.8) is 0 Å². The third-order valence-corrected chi connectivity index (χ3v) is 5.36. The number of hydrogen-bond donors (Lipinski definition) is 0. The molecule has 0 radical (unpaired) electrons. The Morgan fingerprint density at radius 3 is 2.96 bits per heavy atom. The smallest absolute Gasteiger partial charge is 0.226 e. The van der Waals surface area contributed by atoms with E-state index in [2.05, 4.69) is 15.0 Å². The fourth-order valence-corrected chi connectivity index (χ4v) is 4.05. The maximum absolute atomic E-state index is 12.4. The Labute approximate surface area is 142 Å². The number of carbonyl (C=O) groups is 1. The maximum Gasteiger partial charge on any atom is 0.226 e. The van der Waals surface area contributed by atoms with Gasteiger partial charge >= 0.3 is 0 Å². The number of piperidine rings is 1. The Kier molecular flexibility index (Phi) is 4.08. The number of carbonyl (C=O) groups excluding carboxylic acids is 1. The fourth-order valence-electron chi connectivity index (χ4n) is 4.05. The first-order chi connectivity index (χ1) is 11.7. The molecule has 5 nitrogen and oxygen atoms in total.